The van der Waals surface area contributed by atoms with E-state index in [9.17, 15) is 41.0 Å². The Morgan fingerprint density at radius 1 is 0.857 bits per heavy atom. The van der Waals surface area contributed by atoms with E-state index >= 15 is 0 Å². The third kappa shape index (κ3) is 8.29. The average Bonchev–Trinajstić information content (AvgIpc) is 3.50. The van der Waals surface area contributed by atoms with Crippen LogP contribution in [0, 0.1) is 5.92 Å². The molecule has 7 nitrogen and oxygen atoms in total. The van der Waals surface area contributed by atoms with Crippen LogP contribution in [0.3, 0.4) is 0 Å². The number of rotatable bonds is 16. The molecule has 2 N–H and O–H groups in total. The van der Waals surface area contributed by atoms with E-state index in [4.69, 9.17) is 14.2 Å². The van der Waals surface area contributed by atoms with Crippen LogP contribution in [-0.2, 0) is 33.6 Å². The van der Waals surface area contributed by atoms with E-state index in [0.717, 1.165) is 44.2 Å². The number of alkyl halides is 6. The minimum atomic E-state index is -5.96. The van der Waals surface area contributed by atoms with Gasteiger partial charge in [0.25, 0.3) is 5.60 Å². The van der Waals surface area contributed by atoms with Gasteiger partial charge in [0.15, 0.2) is 17.3 Å². The second-order valence-electron chi connectivity index (χ2n) is 13.1. The minimum Gasteiger partial charge on any atom is -0.493 e. The number of hydrogen-bond donors (Lipinski definition) is 2. The SMILES string of the molecule is CCCc1cc(C(O)(C(F)(F)F)C(F)(F)F)cc(CCC)c1OCCCCCCCCC1CC(=O)NC(C)(c2ccc3c(c2)OCO3)C1=O. The number of aliphatic hydroxyl groups is 1. The van der Waals surface area contributed by atoms with Crippen LogP contribution >= 0.6 is 0 Å². The largest absolute Gasteiger partial charge is 0.493 e. The number of Topliss-reactive ketones (excluding diaryl/α,β-unsaturated/α-hetero) is 1. The highest BCUT2D eigenvalue weighted by Gasteiger charge is 2.71. The van der Waals surface area contributed by atoms with Crippen LogP contribution in [0.1, 0.15) is 107 Å². The van der Waals surface area contributed by atoms with Crippen molar-refractivity contribution in [3.05, 3.63) is 52.6 Å². The zero-order valence-electron chi connectivity index (χ0n) is 28.1. The number of carbonyl (C=O) groups is 2. The lowest BCUT2D eigenvalue weighted by atomic mass is 9.75. The number of amides is 1. The zero-order valence-corrected chi connectivity index (χ0v) is 28.1. The third-order valence-electron chi connectivity index (χ3n) is 9.35. The number of unbranched alkanes of at least 4 members (excludes halogenated alkanes) is 5. The fraction of sp³-hybridized carbons (Fsp3) is 0.611. The first-order chi connectivity index (χ1) is 23.1. The molecule has 2 aliphatic rings. The van der Waals surface area contributed by atoms with Crippen LogP contribution in [0.5, 0.6) is 17.2 Å². The van der Waals surface area contributed by atoms with E-state index in [1.165, 1.54) is 0 Å². The van der Waals surface area contributed by atoms with E-state index in [0.29, 0.717) is 42.7 Å². The molecule has 13 heteroatoms. The lowest BCUT2D eigenvalue weighted by molar-refractivity contribution is -0.376. The lowest BCUT2D eigenvalue weighted by Crippen LogP contribution is -2.56. The first-order valence-corrected chi connectivity index (χ1v) is 17.0. The summed E-state index contributed by atoms with van der Waals surface area (Å²) in [4.78, 5) is 26.1. The molecule has 0 saturated carbocycles. The molecule has 0 bridgehead atoms. The van der Waals surface area contributed by atoms with Gasteiger partial charge in [0, 0.05) is 17.9 Å². The number of benzene rings is 2. The molecule has 2 unspecified atom stereocenters. The quantitative estimate of drug-likeness (QED) is 0.135. The number of ketones is 1. The highest BCUT2D eigenvalue weighted by atomic mass is 19.4. The number of halogens is 6. The second kappa shape index (κ2) is 15.6. The van der Waals surface area contributed by atoms with Crippen molar-refractivity contribution in [2.24, 2.45) is 5.92 Å². The maximum atomic E-state index is 13.6. The van der Waals surface area contributed by atoms with Gasteiger partial charge in [0.05, 0.1) is 6.61 Å². The molecular weight excluding hydrogens is 656 g/mol. The molecule has 2 atom stereocenters. The lowest BCUT2D eigenvalue weighted by Gasteiger charge is -2.37. The summed E-state index contributed by atoms with van der Waals surface area (Å²) in [5.74, 6) is 0.792. The van der Waals surface area contributed by atoms with Gasteiger partial charge in [0.1, 0.15) is 11.3 Å². The summed E-state index contributed by atoms with van der Waals surface area (Å²) in [5.41, 5.74) is -6.35. The summed E-state index contributed by atoms with van der Waals surface area (Å²) in [5, 5.41) is 12.9. The van der Waals surface area contributed by atoms with Crippen molar-refractivity contribution in [1.82, 2.24) is 5.32 Å². The minimum absolute atomic E-state index is 0.0393. The molecule has 2 heterocycles. The van der Waals surface area contributed by atoms with Gasteiger partial charge in [-0.2, -0.15) is 26.3 Å². The van der Waals surface area contributed by atoms with Gasteiger partial charge in [-0.05, 0) is 73.6 Å². The van der Waals surface area contributed by atoms with Gasteiger partial charge >= 0.3 is 12.4 Å². The number of aryl methyl sites for hydroxylation is 2. The Morgan fingerprint density at radius 2 is 1.43 bits per heavy atom. The van der Waals surface area contributed by atoms with Gasteiger partial charge < -0.3 is 24.6 Å². The summed E-state index contributed by atoms with van der Waals surface area (Å²) in [6, 6.07) is 6.79. The van der Waals surface area contributed by atoms with E-state index < -0.39 is 35.0 Å². The molecule has 49 heavy (non-hydrogen) atoms. The molecule has 4 rings (SSSR count). The van der Waals surface area contributed by atoms with E-state index in [1.54, 1.807) is 39.0 Å². The molecule has 2 aromatic carbocycles. The van der Waals surface area contributed by atoms with E-state index in [1.807, 2.05) is 0 Å². The molecule has 0 spiro atoms. The molecule has 2 aliphatic heterocycles. The summed E-state index contributed by atoms with van der Waals surface area (Å²) in [7, 11) is 0. The average molecular weight is 702 g/mol. The summed E-state index contributed by atoms with van der Waals surface area (Å²) < 4.78 is 98.6. The highest BCUT2D eigenvalue weighted by Crippen LogP contribution is 2.51. The maximum absolute atomic E-state index is 13.6. The van der Waals surface area contributed by atoms with Crippen molar-refractivity contribution in [3.63, 3.8) is 0 Å². The molecule has 1 fully saturated rings. The Labute approximate surface area is 282 Å². The van der Waals surface area contributed by atoms with E-state index in [2.05, 4.69) is 5.32 Å². The normalized spacial score (nSPS) is 19.7. The van der Waals surface area contributed by atoms with Crippen molar-refractivity contribution in [2.75, 3.05) is 13.4 Å². The summed E-state index contributed by atoms with van der Waals surface area (Å²) in [6.07, 6.45) is -5.11. The predicted molar refractivity (Wildman–Crippen MR) is 169 cm³/mol. The number of piperidine rings is 1. The number of nitrogens with one attached hydrogen (secondary N) is 1. The summed E-state index contributed by atoms with van der Waals surface area (Å²) in [6.45, 7) is 5.57. The maximum Gasteiger partial charge on any atom is 0.430 e. The van der Waals surface area contributed by atoms with Crippen molar-refractivity contribution in [1.29, 1.82) is 0 Å². The molecule has 2 aromatic rings. The van der Waals surface area contributed by atoms with Crippen LogP contribution in [0.2, 0.25) is 0 Å². The van der Waals surface area contributed by atoms with Crippen molar-refractivity contribution in [3.8, 4) is 17.2 Å². The Hall–Kier alpha value is -3.48. The van der Waals surface area contributed by atoms with Crippen LogP contribution in [0.4, 0.5) is 26.3 Å². The standard InChI is InChI=1S/C36H45F6NO6/c1-4-12-23-18-27(34(46,35(37,38)39)36(40,41)42)19-24(13-5-2)31(23)47-17-11-9-7-6-8-10-14-25-20-30(44)43-33(3,32(25)45)26-15-16-28-29(21-26)49-22-48-28/h15-16,18-19,21,25,46H,4-14,17,20,22H2,1-3H3,(H,43,44). The van der Waals surface area contributed by atoms with Crippen molar-refractivity contribution < 1.29 is 55.2 Å². The molecule has 1 amide bonds. The summed E-state index contributed by atoms with van der Waals surface area (Å²) >= 11 is 0. The molecular formula is C36H45F6NO6. The third-order valence-corrected chi connectivity index (χ3v) is 9.35. The smallest absolute Gasteiger partial charge is 0.430 e. The monoisotopic (exact) mass is 701 g/mol. The first-order valence-electron chi connectivity index (χ1n) is 17.0. The fourth-order valence-electron chi connectivity index (χ4n) is 6.69. The van der Waals surface area contributed by atoms with Crippen LogP contribution in [0.25, 0.3) is 0 Å². The van der Waals surface area contributed by atoms with Gasteiger partial charge in [0.2, 0.25) is 12.7 Å². The number of carbonyl (C=O) groups excluding carboxylic acids is 2. The van der Waals surface area contributed by atoms with Gasteiger partial charge in [-0.15, -0.1) is 0 Å². The predicted octanol–water partition coefficient (Wildman–Crippen LogP) is 8.36. The molecule has 0 aromatic heterocycles. The Bertz CT molecular complexity index is 1430. The van der Waals surface area contributed by atoms with E-state index in [-0.39, 0.29) is 61.2 Å². The first kappa shape index (κ1) is 38.3. The van der Waals surface area contributed by atoms with Gasteiger partial charge in [-0.1, -0.05) is 64.9 Å². The second-order valence-corrected chi connectivity index (χ2v) is 13.1. The van der Waals surface area contributed by atoms with Crippen LogP contribution in [-0.4, -0.2) is 42.5 Å². The van der Waals surface area contributed by atoms with Crippen molar-refractivity contribution in [2.45, 2.75) is 121 Å². The Balaban J connectivity index is 1.28. The Kier molecular flexibility index (Phi) is 12.2. The number of ether oxygens (including phenoxy) is 3. The van der Waals surface area contributed by atoms with Gasteiger partial charge in [-0.3, -0.25) is 9.59 Å². The zero-order chi connectivity index (χ0) is 36.0. The Morgan fingerprint density at radius 3 is 2.02 bits per heavy atom. The molecule has 272 valence electrons. The van der Waals surface area contributed by atoms with Crippen LogP contribution < -0.4 is 19.5 Å². The highest BCUT2D eigenvalue weighted by molar-refractivity contribution is 6.00. The molecule has 0 radical (unpaired) electrons. The number of fused-ring (bicyclic) bond motifs is 1. The molecule has 0 aliphatic carbocycles. The number of hydrogen-bond acceptors (Lipinski definition) is 6. The van der Waals surface area contributed by atoms with Crippen LogP contribution in [0.15, 0.2) is 30.3 Å². The fourth-order valence-corrected chi connectivity index (χ4v) is 6.69. The topological polar surface area (TPSA) is 94.1 Å². The van der Waals surface area contributed by atoms with Crippen molar-refractivity contribution >= 4 is 11.7 Å². The molecule has 1 saturated heterocycles. The van der Waals surface area contributed by atoms with Gasteiger partial charge in [-0.25, -0.2) is 0 Å².